The van der Waals surface area contributed by atoms with Crippen molar-refractivity contribution in [3.63, 3.8) is 0 Å². The molecule has 0 saturated heterocycles. The number of benzene rings is 2. The first-order valence-electron chi connectivity index (χ1n) is 10.3. The molecular formula is C24H26N4O2. The van der Waals surface area contributed by atoms with Crippen LogP contribution in [0.15, 0.2) is 60.7 Å². The first-order valence-corrected chi connectivity index (χ1v) is 10.3. The maximum absolute atomic E-state index is 13.5. The Morgan fingerprint density at radius 1 is 0.933 bits per heavy atom. The van der Waals surface area contributed by atoms with Crippen molar-refractivity contribution >= 4 is 17.6 Å². The van der Waals surface area contributed by atoms with Crippen molar-refractivity contribution < 1.29 is 9.59 Å². The van der Waals surface area contributed by atoms with Crippen molar-refractivity contribution in [2.45, 2.75) is 32.4 Å². The van der Waals surface area contributed by atoms with E-state index >= 15 is 0 Å². The maximum atomic E-state index is 13.5. The van der Waals surface area contributed by atoms with Crippen molar-refractivity contribution in [2.75, 3.05) is 19.0 Å². The number of hydrogen-bond acceptors (Lipinski definition) is 3. The zero-order valence-corrected chi connectivity index (χ0v) is 17.4. The minimum Gasteiger partial charge on any atom is -0.336 e. The molecule has 6 nitrogen and oxygen atoms in total. The SMILES string of the molecule is CN(Cc1ccccc1)C(=O)c1c(N(C)C(=O)c2ccccc2)nc2n1CCCC2. The summed E-state index contributed by atoms with van der Waals surface area (Å²) < 4.78 is 2.00. The fourth-order valence-electron chi connectivity index (χ4n) is 3.90. The lowest BCUT2D eigenvalue weighted by atomic mass is 10.1. The third-order valence-corrected chi connectivity index (χ3v) is 5.52. The zero-order valence-electron chi connectivity index (χ0n) is 17.4. The van der Waals surface area contributed by atoms with E-state index in [1.165, 1.54) is 4.90 Å². The van der Waals surface area contributed by atoms with Gasteiger partial charge >= 0.3 is 0 Å². The van der Waals surface area contributed by atoms with Crippen LogP contribution in [0, 0.1) is 0 Å². The van der Waals surface area contributed by atoms with Crippen molar-refractivity contribution in [1.29, 1.82) is 0 Å². The molecule has 0 N–H and O–H groups in total. The number of carbonyl (C=O) groups excluding carboxylic acids is 2. The van der Waals surface area contributed by atoms with Gasteiger partial charge in [0.1, 0.15) is 5.82 Å². The minimum absolute atomic E-state index is 0.123. The normalized spacial score (nSPS) is 12.9. The second kappa shape index (κ2) is 8.53. The third kappa shape index (κ3) is 3.85. The lowest BCUT2D eigenvalue weighted by Crippen LogP contribution is -2.33. The molecule has 0 spiro atoms. The summed E-state index contributed by atoms with van der Waals surface area (Å²) in [6.45, 7) is 1.24. The van der Waals surface area contributed by atoms with E-state index in [0.717, 1.165) is 37.2 Å². The zero-order chi connectivity index (χ0) is 21.1. The molecule has 1 aliphatic rings. The summed E-state index contributed by atoms with van der Waals surface area (Å²) in [4.78, 5) is 34.5. The lowest BCUT2D eigenvalue weighted by Gasteiger charge is -2.23. The van der Waals surface area contributed by atoms with Crippen LogP contribution in [0.1, 0.15) is 45.1 Å². The van der Waals surface area contributed by atoms with Crippen molar-refractivity contribution in [1.82, 2.24) is 14.5 Å². The second-order valence-corrected chi connectivity index (χ2v) is 7.69. The number of aromatic nitrogens is 2. The van der Waals surface area contributed by atoms with Crippen LogP contribution in [-0.2, 0) is 19.5 Å². The fraction of sp³-hybridized carbons (Fsp3) is 0.292. The Morgan fingerprint density at radius 2 is 1.60 bits per heavy atom. The van der Waals surface area contributed by atoms with Crippen LogP contribution in [0.25, 0.3) is 0 Å². The number of imidazole rings is 1. The number of aryl methyl sites for hydroxylation is 1. The molecule has 0 bridgehead atoms. The molecule has 30 heavy (non-hydrogen) atoms. The van der Waals surface area contributed by atoms with Crippen LogP contribution in [0.3, 0.4) is 0 Å². The largest absolute Gasteiger partial charge is 0.336 e. The summed E-state index contributed by atoms with van der Waals surface area (Å²) in [6.07, 6.45) is 2.86. The number of rotatable bonds is 5. The first-order chi connectivity index (χ1) is 14.6. The van der Waals surface area contributed by atoms with Crippen LogP contribution in [-0.4, -0.2) is 40.4 Å². The summed E-state index contributed by atoms with van der Waals surface area (Å²) >= 11 is 0. The van der Waals surface area contributed by atoms with Gasteiger partial charge in [0.05, 0.1) is 0 Å². The Labute approximate surface area is 176 Å². The molecule has 2 aromatic carbocycles. The molecule has 154 valence electrons. The van der Waals surface area contributed by atoms with E-state index in [9.17, 15) is 9.59 Å². The van der Waals surface area contributed by atoms with Crippen molar-refractivity contribution in [3.8, 4) is 0 Å². The van der Waals surface area contributed by atoms with E-state index in [-0.39, 0.29) is 11.8 Å². The number of anilines is 1. The standard InChI is InChI=1S/C24H26N4O2/c1-26(17-18-11-5-3-6-12-18)24(30)21-22(25-20-15-9-10-16-28(20)21)27(2)23(29)19-13-7-4-8-14-19/h3-8,11-14H,9-10,15-17H2,1-2H3. The van der Waals surface area contributed by atoms with Gasteiger partial charge in [0.15, 0.2) is 11.5 Å². The average molecular weight is 402 g/mol. The highest BCUT2D eigenvalue weighted by atomic mass is 16.2. The van der Waals surface area contributed by atoms with E-state index in [2.05, 4.69) is 0 Å². The summed E-state index contributed by atoms with van der Waals surface area (Å²) in [6, 6.07) is 19.0. The van der Waals surface area contributed by atoms with Crippen molar-refractivity contribution in [2.24, 2.45) is 0 Å². The van der Waals surface area contributed by atoms with Crippen LogP contribution in [0.2, 0.25) is 0 Å². The van der Waals surface area contributed by atoms with Gasteiger partial charge in [-0.25, -0.2) is 4.98 Å². The Hall–Kier alpha value is -3.41. The second-order valence-electron chi connectivity index (χ2n) is 7.69. The predicted octanol–water partition coefficient (Wildman–Crippen LogP) is 3.77. The molecular weight excluding hydrogens is 376 g/mol. The summed E-state index contributed by atoms with van der Waals surface area (Å²) in [5.74, 6) is 1.01. The topological polar surface area (TPSA) is 58.4 Å². The molecule has 0 atom stereocenters. The van der Waals surface area contributed by atoms with Gasteiger partial charge in [0.25, 0.3) is 11.8 Å². The molecule has 1 aromatic heterocycles. The molecule has 1 aliphatic heterocycles. The van der Waals surface area contributed by atoms with Gasteiger partial charge in [-0.05, 0) is 30.5 Å². The molecule has 2 amide bonds. The van der Waals surface area contributed by atoms with E-state index in [1.54, 1.807) is 31.1 Å². The number of fused-ring (bicyclic) bond motifs is 1. The molecule has 2 heterocycles. The van der Waals surface area contributed by atoms with Crippen molar-refractivity contribution in [3.05, 3.63) is 83.3 Å². The number of hydrogen-bond donors (Lipinski definition) is 0. The fourth-order valence-corrected chi connectivity index (χ4v) is 3.90. The third-order valence-electron chi connectivity index (χ3n) is 5.52. The lowest BCUT2D eigenvalue weighted by molar-refractivity contribution is 0.0774. The number of amides is 2. The number of carbonyl (C=O) groups is 2. The number of nitrogens with zero attached hydrogens (tertiary/aromatic N) is 4. The summed E-state index contributed by atoms with van der Waals surface area (Å²) in [5.41, 5.74) is 2.12. The van der Waals surface area contributed by atoms with E-state index in [1.807, 2.05) is 53.1 Å². The molecule has 0 radical (unpaired) electrons. The van der Waals surface area contributed by atoms with Gasteiger partial charge in [-0.1, -0.05) is 48.5 Å². The minimum atomic E-state index is -0.175. The van der Waals surface area contributed by atoms with Gasteiger partial charge in [0, 0.05) is 39.2 Å². The van der Waals surface area contributed by atoms with Crippen LogP contribution < -0.4 is 4.90 Å². The Balaban J connectivity index is 1.68. The molecule has 3 aromatic rings. The molecule has 0 aliphatic carbocycles. The molecule has 0 saturated carbocycles. The summed E-state index contributed by atoms with van der Waals surface area (Å²) in [5, 5.41) is 0. The van der Waals surface area contributed by atoms with Gasteiger partial charge in [0.2, 0.25) is 0 Å². The molecule has 6 heteroatoms. The Bertz CT molecular complexity index is 1040. The smallest absolute Gasteiger partial charge is 0.274 e. The highest BCUT2D eigenvalue weighted by Gasteiger charge is 2.30. The summed E-state index contributed by atoms with van der Waals surface area (Å²) in [7, 11) is 3.48. The monoisotopic (exact) mass is 402 g/mol. The predicted molar refractivity (Wildman–Crippen MR) is 117 cm³/mol. The van der Waals surface area contributed by atoms with Gasteiger partial charge in [-0.15, -0.1) is 0 Å². The van der Waals surface area contributed by atoms with Crippen LogP contribution in [0.5, 0.6) is 0 Å². The molecule has 0 unspecified atom stereocenters. The highest BCUT2D eigenvalue weighted by molar-refractivity contribution is 6.08. The van der Waals surface area contributed by atoms with Gasteiger partial charge < -0.3 is 9.47 Å². The van der Waals surface area contributed by atoms with Crippen LogP contribution >= 0.6 is 0 Å². The maximum Gasteiger partial charge on any atom is 0.274 e. The quantitative estimate of drug-likeness (QED) is 0.653. The average Bonchev–Trinajstić information content (AvgIpc) is 3.18. The molecule has 4 rings (SSSR count). The van der Waals surface area contributed by atoms with E-state index in [0.29, 0.717) is 23.6 Å². The van der Waals surface area contributed by atoms with Crippen LogP contribution in [0.4, 0.5) is 5.82 Å². The Morgan fingerprint density at radius 3 is 2.30 bits per heavy atom. The molecule has 0 fully saturated rings. The van der Waals surface area contributed by atoms with E-state index < -0.39 is 0 Å². The van der Waals surface area contributed by atoms with Gasteiger partial charge in [-0.3, -0.25) is 14.5 Å². The highest BCUT2D eigenvalue weighted by Crippen LogP contribution is 2.28. The first kappa shape index (κ1) is 19.9. The van der Waals surface area contributed by atoms with Gasteiger partial charge in [-0.2, -0.15) is 0 Å². The van der Waals surface area contributed by atoms with E-state index in [4.69, 9.17) is 4.98 Å². The Kier molecular flexibility index (Phi) is 5.65.